The van der Waals surface area contributed by atoms with Gasteiger partial charge < -0.3 is 9.88 Å². The number of halogens is 1. The van der Waals surface area contributed by atoms with Gasteiger partial charge in [-0.3, -0.25) is 9.78 Å². The van der Waals surface area contributed by atoms with Crippen LogP contribution in [-0.4, -0.2) is 19.5 Å². The van der Waals surface area contributed by atoms with E-state index in [-0.39, 0.29) is 17.6 Å². The molecular formula is C21H18ClN5O. The molecule has 1 N–H and O–H groups in total. The van der Waals surface area contributed by atoms with E-state index in [4.69, 9.17) is 11.6 Å². The fourth-order valence-electron chi connectivity index (χ4n) is 3.67. The van der Waals surface area contributed by atoms with Crippen molar-refractivity contribution in [1.82, 2.24) is 19.5 Å². The average molecular weight is 392 g/mol. The van der Waals surface area contributed by atoms with Gasteiger partial charge in [0.25, 0.3) is 5.56 Å². The molecule has 4 aromatic rings. The molecule has 1 aromatic carbocycles. The molecule has 1 aliphatic carbocycles. The van der Waals surface area contributed by atoms with Gasteiger partial charge in [-0.05, 0) is 49.4 Å². The largest absolute Gasteiger partial charge is 0.360 e. The first-order valence-electron chi connectivity index (χ1n) is 9.29. The highest BCUT2D eigenvalue weighted by Crippen LogP contribution is 2.37. The molecule has 0 radical (unpaired) electrons. The molecule has 1 saturated carbocycles. The molecule has 3 aromatic heterocycles. The number of nitrogens with one attached hydrogen (secondary N) is 1. The van der Waals surface area contributed by atoms with Crippen molar-refractivity contribution in [3.05, 3.63) is 70.0 Å². The molecule has 0 saturated heterocycles. The number of fused-ring (bicyclic) bond motifs is 2. The summed E-state index contributed by atoms with van der Waals surface area (Å²) < 4.78 is 1.89. The van der Waals surface area contributed by atoms with Crippen LogP contribution in [0.4, 0.5) is 5.82 Å². The third-order valence-corrected chi connectivity index (χ3v) is 5.48. The van der Waals surface area contributed by atoms with Crippen molar-refractivity contribution in [3.63, 3.8) is 0 Å². The highest BCUT2D eigenvalue weighted by atomic mass is 35.5. The summed E-state index contributed by atoms with van der Waals surface area (Å²) in [5, 5.41) is 5.35. The fraction of sp³-hybridized carbons (Fsp3) is 0.238. The minimum atomic E-state index is -0.142. The second-order valence-corrected chi connectivity index (χ2v) is 7.55. The highest BCUT2D eigenvalue weighted by Gasteiger charge is 2.29. The normalized spacial score (nSPS) is 15.1. The number of hydrogen-bond acceptors (Lipinski definition) is 5. The van der Waals surface area contributed by atoms with Crippen LogP contribution in [0.15, 0.2) is 53.7 Å². The van der Waals surface area contributed by atoms with E-state index >= 15 is 0 Å². The molecule has 7 heteroatoms. The minimum Gasteiger partial charge on any atom is -0.360 e. The van der Waals surface area contributed by atoms with Gasteiger partial charge in [0.2, 0.25) is 0 Å². The summed E-state index contributed by atoms with van der Waals surface area (Å²) in [6.07, 6.45) is 5.26. The summed E-state index contributed by atoms with van der Waals surface area (Å²) in [7, 11) is 0. The molecule has 0 aliphatic heterocycles. The topological polar surface area (TPSA) is 72.7 Å². The summed E-state index contributed by atoms with van der Waals surface area (Å²) in [6, 6.07) is 11.5. The number of benzene rings is 1. The van der Waals surface area contributed by atoms with Crippen molar-refractivity contribution in [2.75, 3.05) is 5.32 Å². The molecule has 1 atom stereocenters. The molecule has 3 heterocycles. The van der Waals surface area contributed by atoms with Gasteiger partial charge in [-0.15, -0.1) is 0 Å². The van der Waals surface area contributed by atoms with Gasteiger partial charge in [0.05, 0.1) is 22.0 Å². The Hall–Kier alpha value is -2.99. The van der Waals surface area contributed by atoms with Crippen LogP contribution in [0.5, 0.6) is 0 Å². The van der Waals surface area contributed by atoms with Gasteiger partial charge in [-0.2, -0.15) is 0 Å². The van der Waals surface area contributed by atoms with Crippen LogP contribution in [-0.2, 0) is 0 Å². The van der Waals surface area contributed by atoms with Gasteiger partial charge in [0.1, 0.15) is 11.8 Å². The zero-order valence-corrected chi connectivity index (χ0v) is 16.0. The van der Waals surface area contributed by atoms with Crippen molar-refractivity contribution in [2.45, 2.75) is 31.8 Å². The van der Waals surface area contributed by atoms with Crippen LogP contribution >= 0.6 is 11.6 Å². The van der Waals surface area contributed by atoms with E-state index in [1.807, 2.05) is 35.8 Å². The summed E-state index contributed by atoms with van der Waals surface area (Å²) in [5.41, 5.74) is 2.38. The maximum absolute atomic E-state index is 13.2. The Bertz CT molecular complexity index is 1260. The monoisotopic (exact) mass is 391 g/mol. The Morgan fingerprint density at radius 1 is 1.18 bits per heavy atom. The number of nitrogens with zero attached hydrogens (tertiary/aromatic N) is 4. The number of rotatable bonds is 4. The second kappa shape index (κ2) is 6.56. The van der Waals surface area contributed by atoms with Gasteiger partial charge in [-0.1, -0.05) is 23.7 Å². The van der Waals surface area contributed by atoms with E-state index in [0.29, 0.717) is 21.7 Å². The standard InChI is InChI=1S/C21H18ClN5O/c1-12(26-20-19-16(24-11-25-20)6-3-9-23-19)17-10-13-4-2-5-15(22)18(13)21(28)27(17)14-7-8-14/h2-6,9-12,14H,7-8H2,1H3,(H,24,25,26)/t12-/m0/s1. The molecular weight excluding hydrogens is 374 g/mol. The Balaban J connectivity index is 1.64. The van der Waals surface area contributed by atoms with Gasteiger partial charge in [0.15, 0.2) is 5.82 Å². The lowest BCUT2D eigenvalue weighted by atomic mass is 10.1. The predicted molar refractivity (Wildman–Crippen MR) is 111 cm³/mol. The summed E-state index contributed by atoms with van der Waals surface area (Å²) in [5.74, 6) is 0.652. The summed E-state index contributed by atoms with van der Waals surface area (Å²) >= 11 is 6.33. The zero-order chi connectivity index (χ0) is 19.3. The van der Waals surface area contributed by atoms with Crippen LogP contribution in [0.2, 0.25) is 5.02 Å². The van der Waals surface area contributed by atoms with E-state index in [9.17, 15) is 4.79 Å². The Morgan fingerprint density at radius 2 is 2.04 bits per heavy atom. The predicted octanol–water partition coefficient (Wildman–Crippen LogP) is 4.50. The molecule has 0 spiro atoms. The maximum Gasteiger partial charge on any atom is 0.260 e. The highest BCUT2D eigenvalue weighted by molar-refractivity contribution is 6.35. The average Bonchev–Trinajstić information content (AvgIpc) is 3.53. The lowest BCUT2D eigenvalue weighted by Gasteiger charge is -2.21. The van der Waals surface area contributed by atoms with Gasteiger partial charge >= 0.3 is 0 Å². The van der Waals surface area contributed by atoms with Crippen molar-refractivity contribution in [3.8, 4) is 0 Å². The molecule has 5 rings (SSSR count). The molecule has 0 bridgehead atoms. The van der Waals surface area contributed by atoms with Crippen LogP contribution in [0, 0.1) is 0 Å². The first-order chi connectivity index (χ1) is 13.6. The SMILES string of the molecule is C[C@H](Nc1ncnc2cccnc12)c1cc2cccc(Cl)c2c(=O)n1C1CC1. The minimum absolute atomic E-state index is 0.0279. The van der Waals surface area contributed by atoms with Crippen molar-refractivity contribution in [1.29, 1.82) is 0 Å². The van der Waals surface area contributed by atoms with E-state index in [0.717, 1.165) is 29.4 Å². The molecule has 1 aliphatic rings. The van der Waals surface area contributed by atoms with Crippen LogP contribution < -0.4 is 10.9 Å². The second-order valence-electron chi connectivity index (χ2n) is 7.14. The first kappa shape index (κ1) is 17.1. The van der Waals surface area contributed by atoms with E-state index in [1.54, 1.807) is 12.3 Å². The summed E-state index contributed by atoms with van der Waals surface area (Å²) in [4.78, 5) is 26.3. The maximum atomic E-state index is 13.2. The first-order valence-corrected chi connectivity index (χ1v) is 9.67. The smallest absolute Gasteiger partial charge is 0.260 e. The molecule has 6 nitrogen and oxygen atoms in total. The van der Waals surface area contributed by atoms with Crippen LogP contribution in [0.1, 0.15) is 37.5 Å². The summed E-state index contributed by atoms with van der Waals surface area (Å²) in [6.45, 7) is 2.03. The molecule has 0 amide bonds. The lowest BCUT2D eigenvalue weighted by Crippen LogP contribution is -2.26. The Labute approximate surface area is 166 Å². The van der Waals surface area contributed by atoms with Gasteiger partial charge in [-0.25, -0.2) is 9.97 Å². The zero-order valence-electron chi connectivity index (χ0n) is 15.3. The van der Waals surface area contributed by atoms with Crippen LogP contribution in [0.3, 0.4) is 0 Å². The van der Waals surface area contributed by atoms with Crippen molar-refractivity contribution in [2.24, 2.45) is 0 Å². The van der Waals surface area contributed by atoms with E-state index in [2.05, 4.69) is 26.3 Å². The molecule has 28 heavy (non-hydrogen) atoms. The van der Waals surface area contributed by atoms with Gasteiger partial charge in [0, 0.05) is 17.9 Å². The fourth-order valence-corrected chi connectivity index (χ4v) is 3.94. The third-order valence-electron chi connectivity index (χ3n) is 5.16. The number of anilines is 1. The van der Waals surface area contributed by atoms with E-state index in [1.165, 1.54) is 6.33 Å². The third kappa shape index (κ3) is 2.81. The molecule has 0 unspecified atom stereocenters. The Morgan fingerprint density at radius 3 is 2.86 bits per heavy atom. The number of hydrogen-bond donors (Lipinski definition) is 1. The van der Waals surface area contributed by atoms with Crippen LogP contribution in [0.25, 0.3) is 21.8 Å². The van der Waals surface area contributed by atoms with E-state index < -0.39 is 0 Å². The lowest BCUT2D eigenvalue weighted by molar-refractivity contribution is 0.636. The number of pyridine rings is 2. The number of aromatic nitrogens is 4. The molecule has 140 valence electrons. The quantitative estimate of drug-likeness (QED) is 0.554. The van der Waals surface area contributed by atoms with Crippen molar-refractivity contribution < 1.29 is 0 Å². The molecule has 1 fully saturated rings. The Kier molecular flexibility index (Phi) is 4.02. The van der Waals surface area contributed by atoms with Crippen molar-refractivity contribution >= 4 is 39.2 Å².